The molecule has 19 heavy (non-hydrogen) atoms. The number of carbonyl (C=O) groups is 1. The van der Waals surface area contributed by atoms with E-state index in [-0.39, 0.29) is 5.97 Å². The van der Waals surface area contributed by atoms with Crippen LogP contribution in [0.25, 0.3) is 15.0 Å². The number of hydrogen-bond acceptors (Lipinski definition) is 3. The molecule has 1 aromatic carbocycles. The molecule has 0 spiro atoms. The van der Waals surface area contributed by atoms with Crippen molar-refractivity contribution in [1.29, 1.82) is 0 Å². The van der Waals surface area contributed by atoms with E-state index in [2.05, 4.69) is 30.4 Å². The van der Waals surface area contributed by atoms with Gasteiger partial charge < -0.3 is 4.74 Å². The van der Waals surface area contributed by atoms with E-state index in [1.165, 1.54) is 23.2 Å². The number of ether oxygens (including phenoxy) is 1. The first kappa shape index (κ1) is 12.1. The lowest BCUT2D eigenvalue weighted by Crippen LogP contribution is -2.23. The largest absolute Gasteiger partial charge is 0.465 e. The lowest BCUT2D eigenvalue weighted by molar-refractivity contribution is -0.486. The van der Waals surface area contributed by atoms with Crippen LogP contribution in [-0.2, 0) is 4.74 Å². The summed E-state index contributed by atoms with van der Waals surface area (Å²) in [6.45, 7) is 4.19. The maximum absolute atomic E-state index is 11.6. The Balaban J connectivity index is 2.34. The molecule has 0 atom stereocenters. The van der Waals surface area contributed by atoms with Crippen molar-refractivity contribution in [3.63, 3.8) is 0 Å². The summed E-state index contributed by atoms with van der Waals surface area (Å²) in [6, 6.07) is 10.0. The quantitative estimate of drug-likeness (QED) is 0.503. The number of hydrogen-bond donors (Lipinski definition) is 0. The van der Waals surface area contributed by atoms with Crippen molar-refractivity contribution in [2.24, 2.45) is 0 Å². The van der Waals surface area contributed by atoms with E-state index in [0.29, 0.717) is 5.56 Å². The Morgan fingerprint density at radius 1 is 1.21 bits per heavy atom. The van der Waals surface area contributed by atoms with Crippen LogP contribution in [0.1, 0.15) is 21.6 Å². The van der Waals surface area contributed by atoms with Gasteiger partial charge >= 0.3 is 5.97 Å². The van der Waals surface area contributed by atoms with E-state index >= 15 is 0 Å². The highest BCUT2D eigenvalue weighted by Gasteiger charge is 2.18. The molecule has 3 rings (SSSR count). The van der Waals surface area contributed by atoms with Crippen LogP contribution >= 0.6 is 11.3 Å². The number of thiazole rings is 1. The Labute approximate surface area is 115 Å². The van der Waals surface area contributed by atoms with Gasteiger partial charge in [-0.25, -0.2) is 4.79 Å². The predicted octanol–water partition coefficient (Wildman–Crippen LogP) is 3.04. The van der Waals surface area contributed by atoms with Gasteiger partial charge in [0.15, 0.2) is 5.69 Å². The molecule has 0 saturated heterocycles. The fourth-order valence-electron chi connectivity index (χ4n) is 2.39. The smallest absolute Gasteiger partial charge is 0.337 e. The first-order chi connectivity index (χ1) is 9.10. The third kappa shape index (κ3) is 1.88. The number of carbonyl (C=O) groups excluding carboxylic acids is 1. The Bertz CT molecular complexity index is 805. The molecule has 0 aliphatic rings. The second kappa shape index (κ2) is 4.31. The fraction of sp³-hybridized carbons (Fsp3) is 0.200. The van der Waals surface area contributed by atoms with E-state index in [1.54, 1.807) is 11.3 Å². The maximum Gasteiger partial charge on any atom is 0.337 e. The fourth-order valence-corrected chi connectivity index (χ4v) is 3.64. The van der Waals surface area contributed by atoms with E-state index in [4.69, 9.17) is 4.74 Å². The number of pyridine rings is 1. The molecule has 0 bridgehead atoms. The number of methoxy groups -OCH3 is 1. The molecule has 3 aromatic rings. The second-order valence-electron chi connectivity index (χ2n) is 4.62. The summed E-state index contributed by atoms with van der Waals surface area (Å²) >= 11 is 1.69. The van der Waals surface area contributed by atoms with Crippen molar-refractivity contribution in [2.75, 3.05) is 7.11 Å². The van der Waals surface area contributed by atoms with Crippen molar-refractivity contribution in [3.05, 3.63) is 47.2 Å². The first-order valence-corrected chi connectivity index (χ1v) is 6.85. The number of esters is 1. The number of benzene rings is 1. The van der Waals surface area contributed by atoms with Gasteiger partial charge in [-0.1, -0.05) is 11.3 Å². The Hall–Kier alpha value is -1.94. The molecule has 0 aliphatic heterocycles. The number of fused-ring (bicyclic) bond motifs is 3. The minimum Gasteiger partial charge on any atom is -0.465 e. The normalized spacial score (nSPS) is 11.1. The van der Waals surface area contributed by atoms with Gasteiger partial charge in [0, 0.05) is 25.1 Å². The van der Waals surface area contributed by atoms with Gasteiger partial charge in [0.25, 0.3) is 4.83 Å². The molecule has 0 unspecified atom stereocenters. The average Bonchev–Trinajstić information content (AvgIpc) is 2.74. The Morgan fingerprint density at radius 3 is 2.74 bits per heavy atom. The standard InChI is InChI=1S/C15H14NO2S/c1-9-6-10(2)16-12-5-4-11(15(17)18-3)8-13(12)19-14(16)7-9/h4-8H,1-3H3/q+1. The molecule has 0 saturated carbocycles. The number of rotatable bonds is 1. The van der Waals surface area contributed by atoms with Gasteiger partial charge in [0.05, 0.1) is 12.7 Å². The lowest BCUT2D eigenvalue weighted by Gasteiger charge is -1.97. The summed E-state index contributed by atoms with van der Waals surface area (Å²) in [6.07, 6.45) is 0. The second-order valence-corrected chi connectivity index (χ2v) is 5.69. The Morgan fingerprint density at radius 2 is 2.00 bits per heavy atom. The third-order valence-corrected chi connectivity index (χ3v) is 4.25. The summed E-state index contributed by atoms with van der Waals surface area (Å²) in [5.74, 6) is -0.294. The Kier molecular flexibility index (Phi) is 2.75. The van der Waals surface area contributed by atoms with Crippen molar-refractivity contribution in [1.82, 2.24) is 0 Å². The predicted molar refractivity (Wildman–Crippen MR) is 75.8 cm³/mol. The van der Waals surface area contributed by atoms with E-state index < -0.39 is 0 Å². The molecule has 2 aromatic heterocycles. The van der Waals surface area contributed by atoms with Crippen LogP contribution in [0, 0.1) is 13.8 Å². The average molecular weight is 272 g/mol. The molecule has 0 N–H and O–H groups in total. The monoisotopic (exact) mass is 272 g/mol. The molecule has 0 amide bonds. The SMILES string of the molecule is COC(=O)c1ccc2c(c1)sc1cc(C)cc(C)[n+]12. The molecular formula is C15H14NO2S+. The minimum absolute atomic E-state index is 0.294. The van der Waals surface area contributed by atoms with E-state index in [0.717, 1.165) is 10.2 Å². The molecule has 0 radical (unpaired) electrons. The van der Waals surface area contributed by atoms with Crippen molar-refractivity contribution in [3.8, 4) is 0 Å². The van der Waals surface area contributed by atoms with Gasteiger partial charge in [-0.05, 0) is 24.6 Å². The number of nitrogens with zero attached hydrogens (tertiary/aromatic N) is 1. The molecule has 96 valence electrons. The van der Waals surface area contributed by atoms with Crippen LogP contribution in [0.15, 0.2) is 30.3 Å². The van der Waals surface area contributed by atoms with Gasteiger partial charge in [-0.15, -0.1) is 4.40 Å². The highest BCUT2D eigenvalue weighted by molar-refractivity contribution is 7.23. The number of aryl methyl sites for hydroxylation is 2. The molecule has 0 aliphatic carbocycles. The van der Waals surface area contributed by atoms with Gasteiger partial charge in [-0.3, -0.25) is 0 Å². The molecule has 4 heteroatoms. The zero-order chi connectivity index (χ0) is 13.6. The van der Waals surface area contributed by atoms with Gasteiger partial charge in [0.1, 0.15) is 4.70 Å². The van der Waals surface area contributed by atoms with Crippen molar-refractivity contribution < 1.29 is 13.9 Å². The highest BCUT2D eigenvalue weighted by atomic mass is 32.1. The molecule has 0 fully saturated rings. The summed E-state index contributed by atoms with van der Waals surface area (Å²) < 4.78 is 8.07. The summed E-state index contributed by atoms with van der Waals surface area (Å²) in [5, 5.41) is 0. The van der Waals surface area contributed by atoms with Crippen LogP contribution < -0.4 is 4.40 Å². The lowest BCUT2D eigenvalue weighted by atomic mass is 10.2. The maximum atomic E-state index is 11.6. The topological polar surface area (TPSA) is 30.4 Å². The molecular weight excluding hydrogens is 258 g/mol. The van der Waals surface area contributed by atoms with Gasteiger partial charge in [0.2, 0.25) is 5.52 Å². The first-order valence-electron chi connectivity index (χ1n) is 6.04. The van der Waals surface area contributed by atoms with Crippen LogP contribution in [0.2, 0.25) is 0 Å². The summed E-state index contributed by atoms with van der Waals surface area (Å²) in [5.41, 5.74) is 4.17. The van der Waals surface area contributed by atoms with E-state index in [1.807, 2.05) is 18.2 Å². The van der Waals surface area contributed by atoms with Crippen LogP contribution in [-0.4, -0.2) is 13.1 Å². The molecule has 2 heterocycles. The minimum atomic E-state index is -0.294. The highest BCUT2D eigenvalue weighted by Crippen LogP contribution is 2.24. The summed E-state index contributed by atoms with van der Waals surface area (Å²) in [4.78, 5) is 12.8. The van der Waals surface area contributed by atoms with Crippen LogP contribution in [0.5, 0.6) is 0 Å². The van der Waals surface area contributed by atoms with E-state index in [9.17, 15) is 4.79 Å². The van der Waals surface area contributed by atoms with Gasteiger partial charge in [-0.2, -0.15) is 0 Å². The third-order valence-electron chi connectivity index (χ3n) is 3.20. The zero-order valence-electron chi connectivity index (χ0n) is 11.1. The summed E-state index contributed by atoms with van der Waals surface area (Å²) in [7, 11) is 1.40. The van der Waals surface area contributed by atoms with Crippen LogP contribution in [0.4, 0.5) is 0 Å². The van der Waals surface area contributed by atoms with Crippen LogP contribution in [0.3, 0.4) is 0 Å². The van der Waals surface area contributed by atoms with Crippen molar-refractivity contribution >= 4 is 32.4 Å². The zero-order valence-corrected chi connectivity index (χ0v) is 11.9. The molecule has 3 nitrogen and oxygen atoms in total. The van der Waals surface area contributed by atoms with Crippen molar-refractivity contribution in [2.45, 2.75) is 13.8 Å². The number of aromatic nitrogens is 1.